The molecule has 4 rings (SSSR count). The predicted octanol–water partition coefficient (Wildman–Crippen LogP) is 3.96. The summed E-state index contributed by atoms with van der Waals surface area (Å²) >= 11 is 0. The van der Waals surface area contributed by atoms with Crippen LogP contribution in [0.1, 0.15) is 12.2 Å². The van der Waals surface area contributed by atoms with Gasteiger partial charge in [-0.1, -0.05) is 48.5 Å². The van der Waals surface area contributed by atoms with Gasteiger partial charge in [0.2, 0.25) is 11.8 Å². The van der Waals surface area contributed by atoms with E-state index in [0.29, 0.717) is 25.3 Å². The van der Waals surface area contributed by atoms with Gasteiger partial charge in [0.05, 0.1) is 18.5 Å². The lowest BCUT2D eigenvalue weighted by Gasteiger charge is -2.22. The lowest BCUT2D eigenvalue weighted by Crippen LogP contribution is -2.37. The van der Waals surface area contributed by atoms with Crippen LogP contribution in [-0.2, 0) is 16.1 Å². The number of benzene rings is 2. The molecule has 1 fully saturated rings. The maximum absolute atomic E-state index is 13.1. The Morgan fingerprint density at radius 1 is 1.07 bits per heavy atom. The minimum Gasteiger partial charge on any atom is -0.467 e. The van der Waals surface area contributed by atoms with Crippen LogP contribution >= 0.6 is 0 Å². The highest BCUT2D eigenvalue weighted by molar-refractivity contribution is 6.11. The van der Waals surface area contributed by atoms with E-state index in [4.69, 9.17) is 4.42 Å². The Morgan fingerprint density at radius 2 is 1.82 bits per heavy atom. The summed E-state index contributed by atoms with van der Waals surface area (Å²) in [6.45, 7) is 0.893. The number of para-hydroxylation sites is 1. The van der Waals surface area contributed by atoms with Gasteiger partial charge in [-0.25, -0.2) is 0 Å². The van der Waals surface area contributed by atoms with E-state index in [0.717, 1.165) is 16.8 Å². The molecule has 0 radical (unpaired) electrons. The highest BCUT2D eigenvalue weighted by atomic mass is 16.3. The first-order valence-electron chi connectivity index (χ1n) is 9.38. The summed E-state index contributed by atoms with van der Waals surface area (Å²) in [5.74, 6) is -0.253. The number of hydrogen-bond acceptors (Lipinski definition) is 3. The lowest BCUT2D eigenvalue weighted by molar-refractivity contribution is -0.139. The first-order chi connectivity index (χ1) is 13.6. The van der Waals surface area contributed by atoms with Gasteiger partial charge in [0, 0.05) is 19.2 Å². The van der Waals surface area contributed by atoms with E-state index in [-0.39, 0.29) is 11.8 Å². The fourth-order valence-corrected chi connectivity index (χ4v) is 3.70. The van der Waals surface area contributed by atoms with Gasteiger partial charge >= 0.3 is 0 Å². The van der Waals surface area contributed by atoms with Gasteiger partial charge in [0.25, 0.3) is 0 Å². The highest BCUT2D eigenvalue weighted by Crippen LogP contribution is 2.34. The van der Waals surface area contributed by atoms with Crippen LogP contribution in [0.5, 0.6) is 0 Å². The molecule has 0 N–H and O–H groups in total. The summed E-state index contributed by atoms with van der Waals surface area (Å²) in [6, 6.07) is 21.4. The summed E-state index contributed by atoms with van der Waals surface area (Å²) in [5, 5.41) is 0. The lowest BCUT2D eigenvalue weighted by atomic mass is 10.0. The van der Waals surface area contributed by atoms with Crippen molar-refractivity contribution in [2.24, 2.45) is 5.92 Å². The van der Waals surface area contributed by atoms with E-state index < -0.39 is 5.92 Å². The zero-order valence-electron chi connectivity index (χ0n) is 15.7. The monoisotopic (exact) mass is 374 g/mol. The molecule has 0 spiro atoms. The largest absolute Gasteiger partial charge is 0.467 e. The van der Waals surface area contributed by atoms with Gasteiger partial charge in [0.15, 0.2) is 0 Å². The second kappa shape index (κ2) is 7.72. The molecule has 0 bridgehead atoms. The van der Waals surface area contributed by atoms with Crippen molar-refractivity contribution < 1.29 is 14.0 Å². The van der Waals surface area contributed by atoms with Crippen LogP contribution < -0.4 is 4.90 Å². The first-order valence-corrected chi connectivity index (χ1v) is 9.38. The molecule has 2 heterocycles. The Hall–Kier alpha value is -3.34. The van der Waals surface area contributed by atoms with Crippen LogP contribution in [0.25, 0.3) is 11.1 Å². The van der Waals surface area contributed by atoms with E-state index in [9.17, 15) is 9.59 Å². The topological polar surface area (TPSA) is 53.8 Å². The van der Waals surface area contributed by atoms with Crippen molar-refractivity contribution in [1.29, 1.82) is 0 Å². The number of hydrogen-bond donors (Lipinski definition) is 0. The van der Waals surface area contributed by atoms with Gasteiger partial charge < -0.3 is 14.2 Å². The number of amides is 2. The fourth-order valence-electron chi connectivity index (χ4n) is 3.70. The number of nitrogens with zero attached hydrogens (tertiary/aromatic N) is 2. The van der Waals surface area contributed by atoms with E-state index in [1.165, 1.54) is 0 Å². The molecule has 1 atom stereocenters. The van der Waals surface area contributed by atoms with E-state index in [1.807, 2.05) is 60.7 Å². The standard InChI is InChI=1S/C23H22N2O3/c1-24(16-18-10-7-15-28-18)22(26)20-13-14-25(23(20)27)21-12-6-5-11-19(21)17-8-3-2-4-9-17/h2-12,15,20H,13-14,16H2,1H3. The second-order valence-corrected chi connectivity index (χ2v) is 6.99. The zero-order chi connectivity index (χ0) is 19.5. The van der Waals surface area contributed by atoms with Crippen molar-refractivity contribution in [3.8, 4) is 11.1 Å². The third-order valence-corrected chi connectivity index (χ3v) is 5.13. The van der Waals surface area contributed by atoms with Crippen LogP contribution in [0.3, 0.4) is 0 Å². The molecule has 1 aromatic heterocycles. The normalized spacial score (nSPS) is 16.4. The van der Waals surface area contributed by atoms with Crippen molar-refractivity contribution in [3.63, 3.8) is 0 Å². The zero-order valence-corrected chi connectivity index (χ0v) is 15.7. The molecule has 2 aromatic carbocycles. The van der Waals surface area contributed by atoms with Crippen LogP contribution in [0, 0.1) is 5.92 Å². The minimum atomic E-state index is -0.649. The minimum absolute atomic E-state index is 0.139. The molecule has 2 amide bonds. The molecule has 1 saturated heterocycles. The van der Waals surface area contributed by atoms with Crippen molar-refractivity contribution in [2.45, 2.75) is 13.0 Å². The first kappa shape index (κ1) is 18.0. The summed E-state index contributed by atoms with van der Waals surface area (Å²) in [6.07, 6.45) is 2.10. The van der Waals surface area contributed by atoms with Gasteiger partial charge in [-0.15, -0.1) is 0 Å². The van der Waals surface area contributed by atoms with Crippen LogP contribution in [0.15, 0.2) is 77.4 Å². The van der Waals surface area contributed by atoms with Crippen molar-refractivity contribution in [1.82, 2.24) is 4.90 Å². The molecule has 28 heavy (non-hydrogen) atoms. The average molecular weight is 374 g/mol. The molecular formula is C23H22N2O3. The maximum Gasteiger partial charge on any atom is 0.239 e. The average Bonchev–Trinajstić information content (AvgIpc) is 3.37. The maximum atomic E-state index is 13.1. The molecule has 1 aliphatic heterocycles. The van der Waals surface area contributed by atoms with Crippen molar-refractivity contribution in [3.05, 3.63) is 78.8 Å². The van der Waals surface area contributed by atoms with Crippen molar-refractivity contribution in [2.75, 3.05) is 18.5 Å². The molecule has 0 aliphatic carbocycles. The van der Waals surface area contributed by atoms with Crippen LogP contribution in [0.2, 0.25) is 0 Å². The molecular weight excluding hydrogens is 352 g/mol. The number of anilines is 1. The number of rotatable bonds is 5. The summed E-state index contributed by atoms with van der Waals surface area (Å²) in [4.78, 5) is 29.2. The quantitative estimate of drug-likeness (QED) is 0.635. The summed E-state index contributed by atoms with van der Waals surface area (Å²) < 4.78 is 5.31. The summed E-state index contributed by atoms with van der Waals surface area (Å²) in [5.41, 5.74) is 2.90. The predicted molar refractivity (Wildman–Crippen MR) is 108 cm³/mol. The Bertz CT molecular complexity index is 967. The SMILES string of the molecule is CN(Cc1ccco1)C(=O)C1CCN(c2ccccc2-c2ccccc2)C1=O. The number of furan rings is 1. The number of carbonyl (C=O) groups is 2. The fraction of sp³-hybridized carbons (Fsp3) is 0.217. The van der Waals surface area contributed by atoms with Crippen molar-refractivity contribution >= 4 is 17.5 Å². The molecule has 142 valence electrons. The molecule has 0 saturated carbocycles. The van der Waals surface area contributed by atoms with E-state index >= 15 is 0 Å². The Labute approximate surface area is 164 Å². The molecule has 5 nitrogen and oxygen atoms in total. The third-order valence-electron chi connectivity index (χ3n) is 5.13. The van der Waals surface area contributed by atoms with E-state index in [2.05, 4.69) is 0 Å². The number of carbonyl (C=O) groups excluding carboxylic acids is 2. The molecule has 1 aliphatic rings. The Balaban J connectivity index is 1.55. The summed E-state index contributed by atoms with van der Waals surface area (Å²) in [7, 11) is 1.71. The van der Waals surface area contributed by atoms with Gasteiger partial charge in [-0.3, -0.25) is 9.59 Å². The van der Waals surface area contributed by atoms with Gasteiger partial charge in [-0.05, 0) is 30.2 Å². The molecule has 5 heteroatoms. The van der Waals surface area contributed by atoms with Gasteiger partial charge in [0.1, 0.15) is 11.7 Å². The highest BCUT2D eigenvalue weighted by Gasteiger charge is 2.39. The third kappa shape index (κ3) is 3.43. The molecule has 3 aromatic rings. The van der Waals surface area contributed by atoms with Gasteiger partial charge in [-0.2, -0.15) is 0 Å². The van der Waals surface area contributed by atoms with E-state index in [1.54, 1.807) is 29.2 Å². The Kier molecular flexibility index (Phi) is 4.98. The smallest absolute Gasteiger partial charge is 0.239 e. The molecule has 1 unspecified atom stereocenters. The second-order valence-electron chi connectivity index (χ2n) is 6.99. The van der Waals surface area contributed by atoms with Crippen LogP contribution in [0.4, 0.5) is 5.69 Å². The Morgan fingerprint density at radius 3 is 2.57 bits per heavy atom. The van der Waals surface area contributed by atoms with Crippen LogP contribution in [-0.4, -0.2) is 30.3 Å².